The van der Waals surface area contributed by atoms with Crippen LogP contribution >= 0.6 is 11.8 Å². The molecule has 1 aromatic carbocycles. The first-order valence-electron chi connectivity index (χ1n) is 9.31. The van der Waals surface area contributed by atoms with Crippen LogP contribution in [0, 0.1) is 11.6 Å². The summed E-state index contributed by atoms with van der Waals surface area (Å²) in [7, 11) is 0. The first-order chi connectivity index (χ1) is 14.0. The van der Waals surface area contributed by atoms with Crippen LogP contribution < -0.4 is 0 Å². The Hall–Kier alpha value is -2.29. The topological polar surface area (TPSA) is 71.0 Å². The van der Waals surface area contributed by atoms with Gasteiger partial charge >= 0.3 is 0 Å². The molecule has 0 saturated heterocycles. The van der Waals surface area contributed by atoms with E-state index in [2.05, 4.69) is 9.97 Å². The second-order valence-corrected chi connectivity index (χ2v) is 7.92. The second kappa shape index (κ2) is 9.96. The zero-order valence-electron chi connectivity index (χ0n) is 16.2. The number of halogens is 2. The molecule has 154 valence electrons. The Kier molecular flexibility index (Phi) is 7.35. The number of aromatic nitrogens is 3. The van der Waals surface area contributed by atoms with Crippen LogP contribution in [0.4, 0.5) is 8.78 Å². The third-order valence-electron chi connectivity index (χ3n) is 4.20. The fourth-order valence-electron chi connectivity index (χ4n) is 2.88. The summed E-state index contributed by atoms with van der Waals surface area (Å²) >= 11 is 1.23. The maximum atomic E-state index is 13.6. The number of nitrogens with one attached hydrogen (secondary N) is 1. The minimum atomic E-state index is -0.625. The normalized spacial score (nSPS) is 12.5. The summed E-state index contributed by atoms with van der Waals surface area (Å²) in [4.78, 5) is 12.4. The summed E-state index contributed by atoms with van der Waals surface area (Å²) in [6.07, 6.45) is 3.56. The van der Waals surface area contributed by atoms with Crippen molar-refractivity contribution in [3.63, 3.8) is 0 Å². The predicted octanol–water partition coefficient (Wildman–Crippen LogP) is 4.65. The number of pyridine rings is 1. The third-order valence-corrected chi connectivity index (χ3v) is 5.19. The van der Waals surface area contributed by atoms with Crippen LogP contribution in [0.1, 0.15) is 43.0 Å². The number of ether oxygens (including phenoxy) is 1. The van der Waals surface area contributed by atoms with E-state index in [0.717, 1.165) is 17.3 Å². The van der Waals surface area contributed by atoms with Gasteiger partial charge in [0.05, 0.1) is 18.9 Å². The Labute approximate surface area is 172 Å². The van der Waals surface area contributed by atoms with Crippen molar-refractivity contribution in [1.29, 1.82) is 0 Å². The highest BCUT2D eigenvalue weighted by Gasteiger charge is 2.22. The zero-order valence-corrected chi connectivity index (χ0v) is 17.0. The SMILES string of the molecule is CC(C)c1nc(C(Cc2ccncc2)OCCO)[nH]c1Sc1cc(F)cc(F)c1. The summed E-state index contributed by atoms with van der Waals surface area (Å²) in [6.45, 7) is 4.07. The number of benzene rings is 1. The average Bonchev–Trinajstić information content (AvgIpc) is 3.09. The van der Waals surface area contributed by atoms with Crippen LogP contribution in [0.2, 0.25) is 0 Å². The molecule has 29 heavy (non-hydrogen) atoms. The second-order valence-electron chi connectivity index (χ2n) is 6.84. The van der Waals surface area contributed by atoms with Gasteiger partial charge in [0.1, 0.15) is 28.6 Å². The molecule has 2 heterocycles. The third kappa shape index (κ3) is 5.85. The molecule has 1 unspecified atom stereocenters. The van der Waals surface area contributed by atoms with E-state index in [0.29, 0.717) is 22.2 Å². The molecule has 3 aromatic rings. The number of nitrogens with zero attached hydrogens (tertiary/aromatic N) is 2. The lowest BCUT2D eigenvalue weighted by molar-refractivity contribution is 0.0234. The van der Waals surface area contributed by atoms with Crippen LogP contribution in [-0.2, 0) is 11.2 Å². The number of aromatic amines is 1. The summed E-state index contributed by atoms with van der Waals surface area (Å²) < 4.78 is 33.0. The quantitative estimate of drug-likeness (QED) is 0.528. The fourth-order valence-corrected chi connectivity index (χ4v) is 4.00. The van der Waals surface area contributed by atoms with Crippen molar-refractivity contribution >= 4 is 11.8 Å². The van der Waals surface area contributed by atoms with Gasteiger partial charge in [0.15, 0.2) is 0 Å². The summed E-state index contributed by atoms with van der Waals surface area (Å²) in [5.74, 6) is -0.543. The van der Waals surface area contributed by atoms with Gasteiger partial charge in [-0.3, -0.25) is 4.98 Å². The molecule has 2 N–H and O–H groups in total. The van der Waals surface area contributed by atoms with Gasteiger partial charge in [0.2, 0.25) is 0 Å². The smallest absolute Gasteiger partial charge is 0.136 e. The average molecular weight is 419 g/mol. The summed E-state index contributed by atoms with van der Waals surface area (Å²) in [5.41, 5.74) is 1.81. The summed E-state index contributed by atoms with van der Waals surface area (Å²) in [5, 5.41) is 9.90. The van der Waals surface area contributed by atoms with E-state index in [1.807, 2.05) is 26.0 Å². The van der Waals surface area contributed by atoms with Gasteiger partial charge in [0.25, 0.3) is 0 Å². The molecule has 5 nitrogen and oxygen atoms in total. The fraction of sp³-hybridized carbons (Fsp3) is 0.333. The molecule has 0 saturated carbocycles. The Morgan fingerprint density at radius 3 is 2.45 bits per heavy atom. The van der Waals surface area contributed by atoms with Crippen molar-refractivity contribution in [3.8, 4) is 0 Å². The van der Waals surface area contributed by atoms with E-state index >= 15 is 0 Å². The molecule has 0 aliphatic heterocycles. The highest BCUT2D eigenvalue weighted by molar-refractivity contribution is 7.99. The van der Waals surface area contributed by atoms with E-state index in [1.54, 1.807) is 12.4 Å². The van der Waals surface area contributed by atoms with Gasteiger partial charge in [-0.15, -0.1) is 0 Å². The molecule has 0 spiro atoms. The van der Waals surface area contributed by atoms with Crippen LogP contribution in [0.25, 0.3) is 0 Å². The van der Waals surface area contributed by atoms with Crippen LogP contribution in [0.15, 0.2) is 52.6 Å². The maximum absolute atomic E-state index is 13.6. The Balaban J connectivity index is 1.91. The minimum absolute atomic E-state index is 0.0975. The lowest BCUT2D eigenvalue weighted by Gasteiger charge is -2.15. The predicted molar refractivity (Wildman–Crippen MR) is 107 cm³/mol. The molecular weight excluding hydrogens is 396 g/mol. The number of aliphatic hydroxyl groups excluding tert-OH is 1. The van der Waals surface area contributed by atoms with Gasteiger partial charge < -0.3 is 14.8 Å². The molecular formula is C21H23F2N3O2S. The van der Waals surface area contributed by atoms with Crippen molar-refractivity contribution in [2.75, 3.05) is 13.2 Å². The van der Waals surface area contributed by atoms with E-state index in [9.17, 15) is 13.9 Å². The van der Waals surface area contributed by atoms with Crippen molar-refractivity contribution in [2.24, 2.45) is 0 Å². The molecule has 0 bridgehead atoms. The van der Waals surface area contributed by atoms with E-state index in [-0.39, 0.29) is 19.1 Å². The summed E-state index contributed by atoms with van der Waals surface area (Å²) in [6, 6.07) is 7.21. The number of hydrogen-bond acceptors (Lipinski definition) is 5. The standard InChI is InChI=1S/C21H23F2N3O2S/c1-13(2)19-21(29-17-11-15(22)10-16(23)12-17)26-20(25-19)18(28-8-7-27)9-14-3-5-24-6-4-14/h3-6,10-13,18,27H,7-9H2,1-2H3,(H,25,26). The Morgan fingerprint density at radius 2 is 1.83 bits per heavy atom. The van der Waals surface area contributed by atoms with Crippen LogP contribution in [0.3, 0.4) is 0 Å². The molecule has 3 rings (SSSR count). The molecule has 0 aliphatic carbocycles. The van der Waals surface area contributed by atoms with Crippen LogP contribution in [0.5, 0.6) is 0 Å². The van der Waals surface area contributed by atoms with Crippen molar-refractivity contribution < 1.29 is 18.6 Å². The van der Waals surface area contributed by atoms with E-state index < -0.39 is 17.7 Å². The largest absolute Gasteiger partial charge is 0.394 e. The monoisotopic (exact) mass is 419 g/mol. The molecule has 2 aromatic heterocycles. The first-order valence-corrected chi connectivity index (χ1v) is 10.1. The van der Waals surface area contributed by atoms with E-state index in [1.165, 1.54) is 23.9 Å². The molecule has 8 heteroatoms. The lowest BCUT2D eigenvalue weighted by Crippen LogP contribution is -2.12. The Bertz CT molecular complexity index is 915. The maximum Gasteiger partial charge on any atom is 0.136 e. The number of rotatable bonds is 9. The highest BCUT2D eigenvalue weighted by Crippen LogP contribution is 2.35. The number of imidazole rings is 1. The highest BCUT2D eigenvalue weighted by atomic mass is 32.2. The minimum Gasteiger partial charge on any atom is -0.394 e. The van der Waals surface area contributed by atoms with Gasteiger partial charge in [-0.25, -0.2) is 13.8 Å². The van der Waals surface area contributed by atoms with Crippen LogP contribution in [-0.4, -0.2) is 33.3 Å². The first kappa shape index (κ1) is 21.4. The van der Waals surface area contributed by atoms with Crippen molar-refractivity contribution in [2.45, 2.75) is 42.2 Å². The lowest BCUT2D eigenvalue weighted by atomic mass is 10.1. The molecule has 1 atom stereocenters. The van der Waals surface area contributed by atoms with E-state index in [4.69, 9.17) is 9.72 Å². The number of aliphatic hydroxyl groups is 1. The van der Waals surface area contributed by atoms with Gasteiger partial charge in [-0.2, -0.15) is 0 Å². The van der Waals surface area contributed by atoms with Gasteiger partial charge in [-0.05, 0) is 35.7 Å². The molecule has 0 radical (unpaired) electrons. The molecule has 0 amide bonds. The number of H-pyrrole nitrogens is 1. The van der Waals surface area contributed by atoms with Crippen molar-refractivity contribution in [1.82, 2.24) is 15.0 Å². The number of hydrogen-bond donors (Lipinski definition) is 2. The molecule has 0 fully saturated rings. The Morgan fingerprint density at radius 1 is 1.14 bits per heavy atom. The van der Waals surface area contributed by atoms with Gasteiger partial charge in [-0.1, -0.05) is 25.6 Å². The van der Waals surface area contributed by atoms with Crippen molar-refractivity contribution in [3.05, 3.63) is 71.4 Å². The molecule has 0 aliphatic rings. The van der Waals surface area contributed by atoms with Gasteiger partial charge in [0, 0.05) is 29.8 Å². The zero-order chi connectivity index (χ0) is 20.8.